The van der Waals surface area contributed by atoms with Crippen LogP contribution in [0.4, 0.5) is 0 Å². The molecule has 6 nitrogen and oxygen atoms in total. The van der Waals surface area contributed by atoms with Gasteiger partial charge in [-0.05, 0) is 44.0 Å². The zero-order chi connectivity index (χ0) is 16.7. The first kappa shape index (κ1) is 16.7. The minimum atomic E-state index is -0.571. The average molecular weight is 315 g/mol. The number of hydrogen-bond donors (Lipinski definition) is 1. The zero-order valence-electron chi connectivity index (χ0n) is 13.4. The minimum absolute atomic E-state index is 0.176. The van der Waals surface area contributed by atoms with Gasteiger partial charge >= 0.3 is 5.69 Å². The summed E-state index contributed by atoms with van der Waals surface area (Å²) in [5.74, 6) is 0.500. The van der Waals surface area contributed by atoms with Gasteiger partial charge in [0.25, 0.3) is 5.91 Å². The Labute approximate surface area is 135 Å². The van der Waals surface area contributed by atoms with Gasteiger partial charge in [-0.15, -0.1) is 0 Å². The number of benzene rings is 1. The lowest BCUT2D eigenvalue weighted by molar-refractivity contribution is -0.127. The van der Waals surface area contributed by atoms with Crippen molar-refractivity contribution in [2.75, 3.05) is 6.54 Å². The topological polar surface area (TPSA) is 73.2 Å². The molecule has 0 spiro atoms. The number of nitrogens with one attached hydrogen (secondary N) is 1. The molecule has 1 N–H and O–H groups in total. The molecule has 0 bridgehead atoms. The molecular formula is C17H21N3O3. The van der Waals surface area contributed by atoms with E-state index in [1.807, 2.05) is 31.2 Å². The highest BCUT2D eigenvalue weighted by Gasteiger charge is 2.13. The molecule has 0 saturated heterocycles. The summed E-state index contributed by atoms with van der Waals surface area (Å²) in [7, 11) is 0. The van der Waals surface area contributed by atoms with Crippen molar-refractivity contribution < 1.29 is 9.53 Å². The number of aromatic nitrogens is 2. The van der Waals surface area contributed by atoms with Crippen LogP contribution in [-0.4, -0.2) is 28.1 Å². The van der Waals surface area contributed by atoms with Gasteiger partial charge in [-0.2, -0.15) is 0 Å². The predicted molar refractivity (Wildman–Crippen MR) is 87.4 cm³/mol. The molecule has 1 aromatic carbocycles. The lowest BCUT2D eigenvalue weighted by Gasteiger charge is -2.15. The highest BCUT2D eigenvalue weighted by atomic mass is 16.5. The minimum Gasteiger partial charge on any atom is -0.481 e. The molecule has 0 radical (unpaired) electrons. The number of hydrogen-bond acceptors (Lipinski definition) is 4. The van der Waals surface area contributed by atoms with Gasteiger partial charge in [-0.3, -0.25) is 9.36 Å². The smallest absolute Gasteiger partial charge is 0.347 e. The second kappa shape index (κ2) is 8.12. The maximum Gasteiger partial charge on any atom is 0.347 e. The van der Waals surface area contributed by atoms with Crippen LogP contribution >= 0.6 is 0 Å². The van der Waals surface area contributed by atoms with Crippen LogP contribution in [0.15, 0.2) is 47.5 Å². The third-order valence-electron chi connectivity index (χ3n) is 3.33. The van der Waals surface area contributed by atoms with Crippen molar-refractivity contribution in [2.45, 2.75) is 32.9 Å². The summed E-state index contributed by atoms with van der Waals surface area (Å²) in [5, 5.41) is 2.81. The highest BCUT2D eigenvalue weighted by molar-refractivity contribution is 5.80. The summed E-state index contributed by atoms with van der Waals surface area (Å²) in [6.07, 6.45) is 3.22. The van der Waals surface area contributed by atoms with Crippen molar-refractivity contribution in [3.05, 3.63) is 58.8 Å². The molecule has 6 heteroatoms. The lowest BCUT2D eigenvalue weighted by Crippen LogP contribution is -2.37. The molecule has 0 aliphatic carbocycles. The number of amides is 1. The van der Waals surface area contributed by atoms with Crippen molar-refractivity contribution in [1.29, 1.82) is 0 Å². The van der Waals surface area contributed by atoms with E-state index in [1.165, 1.54) is 10.8 Å². The first-order valence-electron chi connectivity index (χ1n) is 7.59. The normalized spacial score (nSPS) is 11.7. The van der Waals surface area contributed by atoms with Crippen LogP contribution in [0, 0.1) is 6.92 Å². The van der Waals surface area contributed by atoms with Crippen molar-refractivity contribution in [1.82, 2.24) is 14.9 Å². The van der Waals surface area contributed by atoms with Gasteiger partial charge in [0.1, 0.15) is 5.75 Å². The van der Waals surface area contributed by atoms with Crippen LogP contribution in [0.5, 0.6) is 5.75 Å². The van der Waals surface area contributed by atoms with Gasteiger partial charge in [-0.25, -0.2) is 9.78 Å². The Morgan fingerprint density at radius 3 is 2.96 bits per heavy atom. The third kappa shape index (κ3) is 5.25. The molecule has 1 amide bonds. The lowest BCUT2D eigenvalue weighted by atomic mass is 10.2. The van der Waals surface area contributed by atoms with Crippen LogP contribution in [0.3, 0.4) is 0 Å². The largest absolute Gasteiger partial charge is 0.481 e. The van der Waals surface area contributed by atoms with Gasteiger partial charge in [-0.1, -0.05) is 12.1 Å². The Kier molecular flexibility index (Phi) is 5.91. The van der Waals surface area contributed by atoms with Gasteiger partial charge < -0.3 is 10.1 Å². The second-order valence-corrected chi connectivity index (χ2v) is 5.32. The molecule has 0 saturated carbocycles. The maximum atomic E-state index is 12.0. The van der Waals surface area contributed by atoms with Gasteiger partial charge in [0, 0.05) is 25.5 Å². The van der Waals surface area contributed by atoms with Gasteiger partial charge in [0.15, 0.2) is 6.10 Å². The Morgan fingerprint density at radius 1 is 1.39 bits per heavy atom. The fourth-order valence-electron chi connectivity index (χ4n) is 2.11. The number of rotatable bonds is 7. The third-order valence-corrected chi connectivity index (χ3v) is 3.33. The summed E-state index contributed by atoms with van der Waals surface area (Å²) in [6, 6.07) is 9.28. The van der Waals surface area contributed by atoms with Crippen LogP contribution in [-0.2, 0) is 11.3 Å². The van der Waals surface area contributed by atoms with Crippen molar-refractivity contribution in [3.8, 4) is 5.75 Å². The van der Waals surface area contributed by atoms with Crippen molar-refractivity contribution >= 4 is 5.91 Å². The van der Waals surface area contributed by atoms with Crippen molar-refractivity contribution in [3.63, 3.8) is 0 Å². The highest BCUT2D eigenvalue weighted by Crippen LogP contribution is 2.14. The summed E-state index contributed by atoms with van der Waals surface area (Å²) in [4.78, 5) is 27.1. The Balaban J connectivity index is 1.74. The molecule has 1 heterocycles. The molecule has 2 aromatic rings. The Hall–Kier alpha value is -2.63. The second-order valence-electron chi connectivity index (χ2n) is 5.32. The van der Waals surface area contributed by atoms with E-state index in [2.05, 4.69) is 10.3 Å². The Bertz CT molecular complexity index is 712. The molecule has 0 aliphatic rings. The van der Waals surface area contributed by atoms with Crippen LogP contribution in [0.25, 0.3) is 0 Å². The summed E-state index contributed by atoms with van der Waals surface area (Å²) < 4.78 is 7.13. The van der Waals surface area contributed by atoms with Crippen LogP contribution in [0.1, 0.15) is 18.9 Å². The average Bonchev–Trinajstić information content (AvgIpc) is 2.53. The maximum absolute atomic E-state index is 12.0. The standard InChI is InChI=1S/C17H21N3O3/c1-13-6-3-7-15(12-13)23-14(2)16(21)18-8-4-10-20-11-5-9-19-17(20)22/h3,5-7,9,11-12,14H,4,8,10H2,1-2H3,(H,18,21)/t14-/m0/s1. The summed E-state index contributed by atoms with van der Waals surface area (Å²) >= 11 is 0. The van der Waals surface area contributed by atoms with Crippen LogP contribution in [0.2, 0.25) is 0 Å². The van der Waals surface area contributed by atoms with Gasteiger partial charge in [0.2, 0.25) is 0 Å². The van der Waals surface area contributed by atoms with Crippen LogP contribution < -0.4 is 15.7 Å². The zero-order valence-corrected chi connectivity index (χ0v) is 13.4. The number of nitrogens with zero attached hydrogens (tertiary/aromatic N) is 2. The van der Waals surface area contributed by atoms with E-state index in [4.69, 9.17) is 4.74 Å². The molecular weight excluding hydrogens is 294 g/mol. The molecule has 0 fully saturated rings. The van der Waals surface area contributed by atoms with E-state index in [-0.39, 0.29) is 11.6 Å². The summed E-state index contributed by atoms with van der Waals surface area (Å²) in [6.45, 7) is 4.67. The van der Waals surface area contributed by atoms with E-state index in [9.17, 15) is 9.59 Å². The van der Waals surface area contributed by atoms with Crippen molar-refractivity contribution in [2.24, 2.45) is 0 Å². The predicted octanol–water partition coefficient (Wildman–Crippen LogP) is 1.53. The molecule has 1 atom stereocenters. The van der Waals surface area contributed by atoms with E-state index in [0.717, 1.165) is 5.56 Å². The fraction of sp³-hybridized carbons (Fsp3) is 0.353. The molecule has 2 rings (SSSR count). The SMILES string of the molecule is Cc1cccc(O[C@@H](C)C(=O)NCCCn2cccnc2=O)c1. The molecule has 1 aromatic heterocycles. The number of aryl methyl sites for hydroxylation is 2. The van der Waals surface area contributed by atoms with E-state index in [1.54, 1.807) is 19.2 Å². The summed E-state index contributed by atoms with van der Waals surface area (Å²) in [5.41, 5.74) is 0.798. The van der Waals surface area contributed by atoms with E-state index < -0.39 is 6.10 Å². The number of carbonyl (C=O) groups is 1. The molecule has 0 aliphatic heterocycles. The first-order valence-corrected chi connectivity index (χ1v) is 7.59. The number of carbonyl (C=O) groups excluding carboxylic acids is 1. The monoisotopic (exact) mass is 315 g/mol. The first-order chi connectivity index (χ1) is 11.1. The van der Waals surface area contributed by atoms with E-state index >= 15 is 0 Å². The fourth-order valence-corrected chi connectivity index (χ4v) is 2.11. The quantitative estimate of drug-likeness (QED) is 0.786. The van der Waals surface area contributed by atoms with Gasteiger partial charge in [0.05, 0.1) is 0 Å². The molecule has 23 heavy (non-hydrogen) atoms. The number of ether oxygens (including phenoxy) is 1. The molecule has 122 valence electrons. The van der Waals surface area contributed by atoms with E-state index in [0.29, 0.717) is 25.3 Å². The Morgan fingerprint density at radius 2 is 2.22 bits per heavy atom. The molecule has 0 unspecified atom stereocenters.